The van der Waals surface area contributed by atoms with Crippen LogP contribution in [-0.2, 0) is 16.1 Å². The van der Waals surface area contributed by atoms with Gasteiger partial charge in [-0.25, -0.2) is 4.79 Å². The second-order valence-corrected chi connectivity index (χ2v) is 5.42. The number of amides is 1. The Balaban J connectivity index is 1.77. The Morgan fingerprint density at radius 1 is 1.43 bits per heavy atom. The third-order valence-corrected chi connectivity index (χ3v) is 3.49. The average molecular weight is 293 g/mol. The zero-order valence-electron chi connectivity index (χ0n) is 12.4. The zero-order chi connectivity index (χ0) is 15.1. The molecule has 0 aromatic heterocycles. The van der Waals surface area contributed by atoms with Crippen LogP contribution in [0.5, 0.6) is 0 Å². The lowest BCUT2D eigenvalue weighted by Crippen LogP contribution is -2.39. The molecule has 0 radical (unpaired) electrons. The highest BCUT2D eigenvalue weighted by Gasteiger charge is 2.30. The number of rotatable bonds is 6. The van der Waals surface area contributed by atoms with Crippen LogP contribution >= 0.6 is 0 Å². The van der Waals surface area contributed by atoms with Crippen molar-refractivity contribution in [1.29, 1.82) is 0 Å². The van der Waals surface area contributed by atoms with Crippen molar-refractivity contribution < 1.29 is 19.4 Å². The minimum atomic E-state index is -0.482. The molecule has 2 atom stereocenters. The molecule has 1 amide bonds. The largest absolute Gasteiger partial charge is 0.445 e. The van der Waals surface area contributed by atoms with E-state index in [1.165, 1.54) is 0 Å². The highest BCUT2D eigenvalue weighted by atomic mass is 16.6. The molecule has 1 aromatic rings. The number of ether oxygens (including phenoxy) is 2. The molecule has 1 unspecified atom stereocenters. The highest BCUT2D eigenvalue weighted by molar-refractivity contribution is 5.68. The normalized spacial score (nSPS) is 19.5. The second kappa shape index (κ2) is 8.00. The van der Waals surface area contributed by atoms with Crippen LogP contribution in [0.2, 0.25) is 0 Å². The summed E-state index contributed by atoms with van der Waals surface area (Å²) in [6.45, 7) is 3.42. The minimum absolute atomic E-state index is 0.0482. The number of aliphatic hydroxyl groups is 1. The van der Waals surface area contributed by atoms with Crippen molar-refractivity contribution in [3.8, 4) is 0 Å². The van der Waals surface area contributed by atoms with Crippen LogP contribution in [0.3, 0.4) is 0 Å². The summed E-state index contributed by atoms with van der Waals surface area (Å²) in [5.41, 5.74) is 0.979. The maximum atomic E-state index is 12.1. The Labute approximate surface area is 125 Å². The minimum Gasteiger partial charge on any atom is -0.445 e. The van der Waals surface area contributed by atoms with E-state index in [1.807, 2.05) is 30.3 Å². The molecule has 1 aliphatic rings. The first-order chi connectivity index (χ1) is 10.2. The van der Waals surface area contributed by atoms with Crippen molar-refractivity contribution in [2.45, 2.75) is 38.5 Å². The van der Waals surface area contributed by atoms with Gasteiger partial charge >= 0.3 is 6.09 Å². The Bertz CT molecular complexity index is 435. The number of benzene rings is 1. The maximum absolute atomic E-state index is 12.1. The molecule has 1 fully saturated rings. The van der Waals surface area contributed by atoms with Crippen LogP contribution in [0.15, 0.2) is 30.3 Å². The lowest BCUT2D eigenvalue weighted by molar-refractivity contribution is 0.0176. The van der Waals surface area contributed by atoms with Crippen LogP contribution in [0.1, 0.15) is 25.3 Å². The Kier molecular flexibility index (Phi) is 6.02. The number of hydrogen-bond acceptors (Lipinski definition) is 4. The maximum Gasteiger partial charge on any atom is 0.410 e. The molecule has 1 saturated heterocycles. The molecule has 1 N–H and O–H groups in total. The third-order valence-electron chi connectivity index (χ3n) is 3.49. The average Bonchev–Trinajstić information content (AvgIpc) is 2.94. The summed E-state index contributed by atoms with van der Waals surface area (Å²) in [7, 11) is 0. The molecule has 1 aliphatic heterocycles. The van der Waals surface area contributed by atoms with E-state index in [9.17, 15) is 9.90 Å². The topological polar surface area (TPSA) is 59.0 Å². The van der Waals surface area contributed by atoms with Crippen LogP contribution in [0.25, 0.3) is 0 Å². The van der Waals surface area contributed by atoms with E-state index in [2.05, 4.69) is 0 Å². The van der Waals surface area contributed by atoms with E-state index < -0.39 is 6.10 Å². The number of nitrogens with zero attached hydrogens (tertiary/aromatic N) is 1. The summed E-state index contributed by atoms with van der Waals surface area (Å²) in [5, 5.41) is 9.18. The number of carbonyl (C=O) groups excluding carboxylic acids is 1. The molecule has 2 rings (SSSR count). The first-order valence-corrected chi connectivity index (χ1v) is 7.40. The molecule has 116 valence electrons. The van der Waals surface area contributed by atoms with Crippen LogP contribution in [0, 0.1) is 0 Å². The fourth-order valence-electron chi connectivity index (χ4n) is 2.43. The molecule has 0 spiro atoms. The number of aliphatic hydroxyl groups excluding tert-OH is 1. The van der Waals surface area contributed by atoms with Crippen molar-refractivity contribution in [1.82, 2.24) is 4.90 Å². The van der Waals surface area contributed by atoms with Crippen molar-refractivity contribution in [3.05, 3.63) is 35.9 Å². The predicted molar refractivity (Wildman–Crippen MR) is 78.9 cm³/mol. The Morgan fingerprint density at radius 3 is 2.90 bits per heavy atom. The van der Waals surface area contributed by atoms with E-state index in [0.717, 1.165) is 18.4 Å². The van der Waals surface area contributed by atoms with Gasteiger partial charge in [-0.2, -0.15) is 0 Å². The fraction of sp³-hybridized carbons (Fsp3) is 0.562. The first-order valence-electron chi connectivity index (χ1n) is 7.40. The summed E-state index contributed by atoms with van der Waals surface area (Å²) in [5.74, 6) is 0. The molecule has 21 heavy (non-hydrogen) atoms. The van der Waals surface area contributed by atoms with Gasteiger partial charge in [0.25, 0.3) is 0 Å². The number of hydrogen-bond donors (Lipinski definition) is 1. The van der Waals surface area contributed by atoms with Gasteiger partial charge in [-0.15, -0.1) is 0 Å². The summed E-state index contributed by atoms with van der Waals surface area (Å²) in [6.07, 6.45) is 1.11. The smallest absolute Gasteiger partial charge is 0.410 e. The van der Waals surface area contributed by atoms with Gasteiger partial charge < -0.3 is 19.5 Å². The molecule has 0 saturated carbocycles. The zero-order valence-corrected chi connectivity index (χ0v) is 12.4. The molecule has 5 heteroatoms. The van der Waals surface area contributed by atoms with Crippen LogP contribution < -0.4 is 0 Å². The molecular weight excluding hydrogens is 270 g/mol. The van der Waals surface area contributed by atoms with E-state index in [1.54, 1.807) is 11.8 Å². The first kappa shape index (κ1) is 15.8. The van der Waals surface area contributed by atoms with E-state index in [4.69, 9.17) is 9.47 Å². The second-order valence-electron chi connectivity index (χ2n) is 5.42. The standard InChI is InChI=1S/C16H23NO4/c1-13(18)10-20-12-15-8-5-9-17(15)16(19)21-11-14-6-3-2-4-7-14/h2-4,6-7,13,15,18H,5,8-12H2,1H3/t13?,15-/m0/s1. The van der Waals surface area contributed by atoms with Gasteiger partial charge in [0.2, 0.25) is 0 Å². The lowest BCUT2D eigenvalue weighted by Gasteiger charge is -2.24. The fourth-order valence-corrected chi connectivity index (χ4v) is 2.43. The molecule has 0 bridgehead atoms. The summed E-state index contributed by atoms with van der Waals surface area (Å²) in [6, 6.07) is 9.69. The SMILES string of the molecule is CC(O)COC[C@@H]1CCCN1C(=O)OCc1ccccc1. The summed E-state index contributed by atoms with van der Waals surface area (Å²) < 4.78 is 10.8. The molecule has 1 heterocycles. The van der Waals surface area contributed by atoms with Crippen molar-refractivity contribution >= 4 is 6.09 Å². The van der Waals surface area contributed by atoms with Gasteiger partial charge in [-0.05, 0) is 25.3 Å². The number of likely N-dealkylation sites (tertiary alicyclic amines) is 1. The van der Waals surface area contributed by atoms with Gasteiger partial charge in [-0.1, -0.05) is 30.3 Å². The van der Waals surface area contributed by atoms with Crippen molar-refractivity contribution in [2.75, 3.05) is 19.8 Å². The van der Waals surface area contributed by atoms with Crippen molar-refractivity contribution in [3.63, 3.8) is 0 Å². The van der Waals surface area contributed by atoms with Crippen LogP contribution in [0.4, 0.5) is 4.79 Å². The highest BCUT2D eigenvalue weighted by Crippen LogP contribution is 2.19. The molecule has 5 nitrogen and oxygen atoms in total. The Morgan fingerprint density at radius 2 is 2.19 bits per heavy atom. The van der Waals surface area contributed by atoms with Crippen molar-refractivity contribution in [2.24, 2.45) is 0 Å². The third kappa shape index (κ3) is 5.02. The van der Waals surface area contributed by atoms with Gasteiger partial charge in [0, 0.05) is 6.54 Å². The quantitative estimate of drug-likeness (QED) is 0.873. The summed E-state index contributed by atoms with van der Waals surface area (Å²) >= 11 is 0. The predicted octanol–water partition coefficient (Wildman–Crippen LogP) is 2.19. The van der Waals surface area contributed by atoms with Gasteiger partial charge in [0.05, 0.1) is 25.4 Å². The van der Waals surface area contributed by atoms with Gasteiger partial charge in [0.1, 0.15) is 6.61 Å². The molecular formula is C16H23NO4. The molecule has 0 aliphatic carbocycles. The Hall–Kier alpha value is -1.59. The van der Waals surface area contributed by atoms with Gasteiger partial charge in [-0.3, -0.25) is 0 Å². The lowest BCUT2D eigenvalue weighted by atomic mass is 10.2. The van der Waals surface area contributed by atoms with Gasteiger partial charge in [0.15, 0.2) is 0 Å². The summed E-state index contributed by atoms with van der Waals surface area (Å²) in [4.78, 5) is 13.9. The monoisotopic (exact) mass is 293 g/mol. The van der Waals surface area contributed by atoms with Crippen LogP contribution in [-0.4, -0.2) is 48.0 Å². The van der Waals surface area contributed by atoms with E-state index in [-0.39, 0.29) is 18.7 Å². The number of carbonyl (C=O) groups is 1. The van der Waals surface area contributed by atoms with E-state index >= 15 is 0 Å². The molecule has 1 aromatic carbocycles. The van der Waals surface area contributed by atoms with E-state index in [0.29, 0.717) is 19.8 Å².